The minimum Gasteiger partial charge on any atom is -0.388 e. The van der Waals surface area contributed by atoms with Crippen LogP contribution in [-0.2, 0) is 6.42 Å². The summed E-state index contributed by atoms with van der Waals surface area (Å²) in [5.41, 5.74) is 1.96. The lowest BCUT2D eigenvalue weighted by atomic mass is 10.1. The summed E-state index contributed by atoms with van der Waals surface area (Å²) in [7, 11) is 0. The first-order valence-electron chi connectivity index (χ1n) is 4.42. The van der Waals surface area contributed by atoms with Crippen molar-refractivity contribution in [3.63, 3.8) is 0 Å². The molecule has 0 aromatic carbocycles. The van der Waals surface area contributed by atoms with Crippen LogP contribution in [0.1, 0.15) is 16.5 Å². The van der Waals surface area contributed by atoms with Gasteiger partial charge in [0.25, 0.3) is 0 Å². The highest BCUT2D eigenvalue weighted by Crippen LogP contribution is 2.21. The van der Waals surface area contributed by atoms with Crippen molar-refractivity contribution in [3.05, 3.63) is 46.4 Å². The molecule has 0 bridgehead atoms. The number of hydrogen-bond donors (Lipinski definition) is 1. The zero-order valence-corrected chi connectivity index (χ0v) is 8.62. The first-order chi connectivity index (χ1) is 7.27. The smallest absolute Gasteiger partial charge is 0.147 e. The second-order valence-corrected chi connectivity index (χ2v) is 4.06. The molecule has 15 heavy (non-hydrogen) atoms. The Kier molecular flexibility index (Phi) is 3.03. The average molecular weight is 224 g/mol. The molecule has 0 fully saturated rings. The van der Waals surface area contributed by atoms with Crippen LogP contribution in [0.5, 0.6) is 0 Å². The van der Waals surface area contributed by atoms with Crippen LogP contribution in [0.2, 0.25) is 0 Å². The largest absolute Gasteiger partial charge is 0.388 e. The lowest BCUT2D eigenvalue weighted by Gasteiger charge is -2.09. The van der Waals surface area contributed by atoms with Crippen LogP contribution >= 0.6 is 11.3 Å². The fourth-order valence-corrected chi connectivity index (χ4v) is 1.93. The number of rotatable bonds is 3. The van der Waals surface area contributed by atoms with Crippen LogP contribution in [-0.4, -0.2) is 15.1 Å². The van der Waals surface area contributed by atoms with Gasteiger partial charge in [-0.3, -0.25) is 9.97 Å². The van der Waals surface area contributed by atoms with Gasteiger partial charge in [-0.1, -0.05) is 0 Å². The second kappa shape index (κ2) is 4.46. The van der Waals surface area contributed by atoms with Crippen molar-refractivity contribution in [3.8, 4) is 0 Å². The molecule has 2 aromatic heterocycles. The summed E-state index contributed by atoms with van der Waals surface area (Å²) in [5, 5.41) is 9.78. The molecule has 78 valence electrons. The molecule has 0 aliphatic rings. The molecule has 1 N–H and O–H groups in total. The zero-order valence-electron chi connectivity index (χ0n) is 7.80. The summed E-state index contributed by atoms with van der Waals surface area (Å²) < 4.78 is 13.2. The molecule has 0 saturated heterocycles. The molecule has 0 spiro atoms. The molecular weight excluding hydrogens is 215 g/mol. The number of halogens is 1. The number of aromatic nitrogens is 2. The predicted octanol–water partition coefficient (Wildman–Crippen LogP) is 1.95. The summed E-state index contributed by atoms with van der Waals surface area (Å²) in [6, 6.07) is 1.49. The summed E-state index contributed by atoms with van der Waals surface area (Å²) in [6.07, 6.45) is 3.78. The minimum atomic E-state index is -0.839. The first kappa shape index (κ1) is 10.2. The third kappa shape index (κ3) is 2.37. The Morgan fingerprint density at radius 1 is 1.40 bits per heavy atom. The number of aliphatic hydroxyl groups excluding tert-OH is 1. The molecule has 1 unspecified atom stereocenters. The molecule has 0 radical (unpaired) electrons. The number of hydrogen-bond acceptors (Lipinski definition) is 4. The van der Waals surface area contributed by atoms with E-state index in [-0.39, 0.29) is 5.56 Å². The highest BCUT2D eigenvalue weighted by atomic mass is 32.1. The van der Waals surface area contributed by atoms with E-state index < -0.39 is 11.9 Å². The van der Waals surface area contributed by atoms with Gasteiger partial charge in [0, 0.05) is 29.3 Å². The molecule has 2 heterocycles. The van der Waals surface area contributed by atoms with E-state index >= 15 is 0 Å². The predicted molar refractivity (Wildman–Crippen MR) is 55.0 cm³/mol. The van der Waals surface area contributed by atoms with Crippen molar-refractivity contribution in [2.24, 2.45) is 0 Å². The third-order valence-electron chi connectivity index (χ3n) is 2.04. The SMILES string of the molecule is OC(Cc1cncs1)c1ccncc1F. The molecule has 3 nitrogen and oxygen atoms in total. The van der Waals surface area contributed by atoms with Gasteiger partial charge in [-0.2, -0.15) is 0 Å². The van der Waals surface area contributed by atoms with Crippen LogP contribution < -0.4 is 0 Å². The first-order valence-corrected chi connectivity index (χ1v) is 5.30. The standard InChI is InChI=1S/C10H9FN2OS/c11-9-5-12-2-1-8(9)10(14)3-7-4-13-6-15-7/h1-2,4-6,10,14H,3H2. The monoisotopic (exact) mass is 224 g/mol. The van der Waals surface area contributed by atoms with E-state index in [2.05, 4.69) is 9.97 Å². The maximum Gasteiger partial charge on any atom is 0.147 e. The van der Waals surface area contributed by atoms with Gasteiger partial charge in [-0.05, 0) is 6.07 Å². The Labute approximate surface area is 90.3 Å². The normalized spacial score (nSPS) is 12.7. The van der Waals surface area contributed by atoms with E-state index in [4.69, 9.17) is 0 Å². The molecule has 0 aliphatic heterocycles. The Morgan fingerprint density at radius 2 is 2.27 bits per heavy atom. The molecule has 2 rings (SSSR count). The van der Waals surface area contributed by atoms with Gasteiger partial charge in [-0.15, -0.1) is 11.3 Å². The summed E-state index contributed by atoms with van der Waals surface area (Å²) in [6.45, 7) is 0. The summed E-state index contributed by atoms with van der Waals surface area (Å²) >= 11 is 1.44. The average Bonchev–Trinajstić information content (AvgIpc) is 2.71. The van der Waals surface area contributed by atoms with Crippen molar-refractivity contribution in [2.45, 2.75) is 12.5 Å². The van der Waals surface area contributed by atoms with E-state index in [0.717, 1.165) is 11.1 Å². The Bertz CT molecular complexity index is 433. The number of pyridine rings is 1. The van der Waals surface area contributed by atoms with Crippen LogP contribution in [0.15, 0.2) is 30.2 Å². The van der Waals surface area contributed by atoms with E-state index in [1.54, 1.807) is 11.7 Å². The highest BCUT2D eigenvalue weighted by Gasteiger charge is 2.13. The van der Waals surface area contributed by atoms with Gasteiger partial charge in [0.05, 0.1) is 17.8 Å². The molecule has 0 saturated carbocycles. The number of aliphatic hydroxyl groups is 1. The maximum atomic E-state index is 13.2. The van der Waals surface area contributed by atoms with Crippen LogP contribution in [0.4, 0.5) is 4.39 Å². The maximum absolute atomic E-state index is 13.2. The molecule has 5 heteroatoms. The second-order valence-electron chi connectivity index (χ2n) is 3.08. The fraction of sp³-hybridized carbons (Fsp3) is 0.200. The van der Waals surface area contributed by atoms with Gasteiger partial charge in [0.2, 0.25) is 0 Å². The summed E-state index contributed by atoms with van der Waals surface area (Å²) in [5.74, 6) is -0.477. The topological polar surface area (TPSA) is 46.0 Å². The number of thiazole rings is 1. The quantitative estimate of drug-likeness (QED) is 0.866. The molecule has 1 atom stereocenters. The van der Waals surface area contributed by atoms with Crippen molar-refractivity contribution in [1.82, 2.24) is 9.97 Å². The fourth-order valence-electron chi connectivity index (χ4n) is 1.30. The van der Waals surface area contributed by atoms with E-state index in [9.17, 15) is 9.50 Å². The van der Waals surface area contributed by atoms with Crippen LogP contribution in [0, 0.1) is 5.82 Å². The van der Waals surface area contributed by atoms with E-state index in [0.29, 0.717) is 6.42 Å². The van der Waals surface area contributed by atoms with Gasteiger partial charge in [-0.25, -0.2) is 4.39 Å². The third-order valence-corrected chi connectivity index (χ3v) is 2.84. The number of nitrogens with zero attached hydrogens (tertiary/aromatic N) is 2. The van der Waals surface area contributed by atoms with Gasteiger partial charge in [0.1, 0.15) is 5.82 Å². The molecule has 0 amide bonds. The summed E-state index contributed by atoms with van der Waals surface area (Å²) in [4.78, 5) is 8.45. The van der Waals surface area contributed by atoms with Crippen LogP contribution in [0.25, 0.3) is 0 Å². The lowest BCUT2D eigenvalue weighted by molar-refractivity contribution is 0.174. The zero-order chi connectivity index (χ0) is 10.7. The van der Waals surface area contributed by atoms with Gasteiger partial charge in [0.15, 0.2) is 0 Å². The lowest BCUT2D eigenvalue weighted by Crippen LogP contribution is -2.03. The van der Waals surface area contributed by atoms with Crippen molar-refractivity contribution < 1.29 is 9.50 Å². The van der Waals surface area contributed by atoms with Gasteiger partial charge < -0.3 is 5.11 Å². The Hall–Kier alpha value is -1.33. The van der Waals surface area contributed by atoms with E-state index in [1.165, 1.54) is 23.6 Å². The van der Waals surface area contributed by atoms with Crippen molar-refractivity contribution >= 4 is 11.3 Å². The minimum absolute atomic E-state index is 0.276. The van der Waals surface area contributed by atoms with Crippen molar-refractivity contribution in [2.75, 3.05) is 0 Å². The molecular formula is C10H9FN2OS. The molecule has 0 aliphatic carbocycles. The van der Waals surface area contributed by atoms with E-state index in [1.807, 2.05) is 0 Å². The van der Waals surface area contributed by atoms with Gasteiger partial charge >= 0.3 is 0 Å². The Balaban J connectivity index is 2.15. The van der Waals surface area contributed by atoms with Crippen molar-refractivity contribution in [1.29, 1.82) is 0 Å². The van der Waals surface area contributed by atoms with Crippen LogP contribution in [0.3, 0.4) is 0 Å². The highest BCUT2D eigenvalue weighted by molar-refractivity contribution is 7.09. The molecule has 2 aromatic rings. The Morgan fingerprint density at radius 3 is 2.93 bits per heavy atom.